The molecular formula is C12H12N4O4S. The minimum Gasteiger partial charge on any atom is -0.322 e. The van der Waals surface area contributed by atoms with E-state index in [1.165, 1.54) is 11.3 Å². The highest BCUT2D eigenvalue weighted by Crippen LogP contribution is 2.24. The Hall–Kier alpha value is -2.55. The zero-order valence-electron chi connectivity index (χ0n) is 11.3. The summed E-state index contributed by atoms with van der Waals surface area (Å²) in [6, 6.07) is 0.950. The minimum absolute atomic E-state index is 0.00662. The van der Waals surface area contributed by atoms with Gasteiger partial charge in [-0.05, 0) is 13.3 Å². The SMILES string of the molecule is CCc1nc(C)c(NC(=O)c2c[nH]c(=O)c([N+](=O)[O-])c2)s1. The lowest BCUT2D eigenvalue weighted by Gasteiger charge is -2.02. The number of nitrogens with one attached hydrogen (secondary N) is 2. The summed E-state index contributed by atoms with van der Waals surface area (Å²) in [5.74, 6) is -0.538. The number of nitrogens with zero attached hydrogens (tertiary/aromatic N) is 2. The summed E-state index contributed by atoms with van der Waals surface area (Å²) in [5, 5.41) is 14.8. The van der Waals surface area contributed by atoms with E-state index >= 15 is 0 Å². The van der Waals surface area contributed by atoms with Gasteiger partial charge in [-0.1, -0.05) is 6.92 Å². The van der Waals surface area contributed by atoms with Crippen molar-refractivity contribution in [2.75, 3.05) is 5.32 Å². The molecular weight excluding hydrogens is 296 g/mol. The van der Waals surface area contributed by atoms with Gasteiger partial charge in [-0.3, -0.25) is 19.7 Å². The molecule has 0 aliphatic carbocycles. The molecule has 110 valence electrons. The van der Waals surface area contributed by atoms with Gasteiger partial charge in [-0.25, -0.2) is 4.98 Å². The van der Waals surface area contributed by atoms with Gasteiger partial charge in [0.05, 0.1) is 21.2 Å². The van der Waals surface area contributed by atoms with Crippen LogP contribution in [0.25, 0.3) is 0 Å². The Morgan fingerprint density at radius 3 is 2.86 bits per heavy atom. The Kier molecular flexibility index (Phi) is 4.13. The molecule has 0 bridgehead atoms. The normalized spacial score (nSPS) is 10.4. The van der Waals surface area contributed by atoms with Gasteiger partial charge in [-0.15, -0.1) is 11.3 Å². The van der Waals surface area contributed by atoms with Crippen LogP contribution in [0.1, 0.15) is 28.0 Å². The van der Waals surface area contributed by atoms with E-state index < -0.39 is 22.1 Å². The number of aryl methyl sites for hydroxylation is 2. The third-order valence-electron chi connectivity index (χ3n) is 2.71. The number of pyridine rings is 1. The lowest BCUT2D eigenvalue weighted by atomic mass is 10.2. The van der Waals surface area contributed by atoms with E-state index in [0.29, 0.717) is 10.7 Å². The molecule has 0 aliphatic rings. The Morgan fingerprint density at radius 2 is 2.29 bits per heavy atom. The van der Waals surface area contributed by atoms with Gasteiger partial charge in [-0.2, -0.15) is 0 Å². The van der Waals surface area contributed by atoms with Gasteiger partial charge < -0.3 is 10.3 Å². The van der Waals surface area contributed by atoms with Gasteiger partial charge >= 0.3 is 11.2 Å². The van der Waals surface area contributed by atoms with Crippen molar-refractivity contribution in [1.82, 2.24) is 9.97 Å². The number of carbonyl (C=O) groups is 1. The first-order chi connectivity index (χ1) is 9.92. The van der Waals surface area contributed by atoms with Crippen LogP contribution in [0.5, 0.6) is 0 Å². The highest BCUT2D eigenvalue weighted by molar-refractivity contribution is 7.16. The Morgan fingerprint density at radius 1 is 1.57 bits per heavy atom. The van der Waals surface area contributed by atoms with Crippen molar-refractivity contribution < 1.29 is 9.72 Å². The summed E-state index contributed by atoms with van der Waals surface area (Å²) in [5.41, 5.74) is -0.826. The third-order valence-corrected chi connectivity index (χ3v) is 3.93. The number of aromatic nitrogens is 2. The number of nitro groups is 1. The van der Waals surface area contributed by atoms with E-state index in [-0.39, 0.29) is 5.56 Å². The predicted molar refractivity (Wildman–Crippen MR) is 77.9 cm³/mol. The second-order valence-electron chi connectivity index (χ2n) is 4.19. The molecule has 2 aromatic heterocycles. The lowest BCUT2D eigenvalue weighted by Crippen LogP contribution is -2.17. The summed E-state index contributed by atoms with van der Waals surface area (Å²) in [6.07, 6.45) is 1.90. The number of aromatic amines is 1. The van der Waals surface area contributed by atoms with Gasteiger partial charge in [0.1, 0.15) is 5.00 Å². The average molecular weight is 308 g/mol. The molecule has 0 saturated carbocycles. The molecule has 0 saturated heterocycles. The molecule has 2 rings (SSSR count). The number of amides is 1. The smallest absolute Gasteiger partial charge is 0.322 e. The number of carbonyl (C=O) groups excluding carboxylic acids is 1. The van der Waals surface area contributed by atoms with Crippen LogP contribution in [-0.4, -0.2) is 20.8 Å². The van der Waals surface area contributed by atoms with Crippen LogP contribution in [0.4, 0.5) is 10.7 Å². The van der Waals surface area contributed by atoms with Gasteiger partial charge in [0, 0.05) is 12.3 Å². The summed E-state index contributed by atoms with van der Waals surface area (Å²) >= 11 is 1.35. The van der Waals surface area contributed by atoms with E-state index in [1.807, 2.05) is 6.92 Å². The Bertz CT molecular complexity index is 765. The molecule has 0 aromatic carbocycles. The number of thiazole rings is 1. The first-order valence-electron chi connectivity index (χ1n) is 6.07. The van der Waals surface area contributed by atoms with Crippen LogP contribution in [-0.2, 0) is 6.42 Å². The summed E-state index contributed by atoms with van der Waals surface area (Å²) in [7, 11) is 0. The van der Waals surface area contributed by atoms with Crippen LogP contribution in [0, 0.1) is 17.0 Å². The Labute approximate surface area is 123 Å². The zero-order chi connectivity index (χ0) is 15.6. The molecule has 0 aliphatic heterocycles. The minimum atomic E-state index is -0.848. The highest BCUT2D eigenvalue weighted by Gasteiger charge is 2.18. The fraction of sp³-hybridized carbons (Fsp3) is 0.250. The molecule has 2 heterocycles. The highest BCUT2D eigenvalue weighted by atomic mass is 32.1. The second kappa shape index (κ2) is 5.83. The molecule has 9 heteroatoms. The van der Waals surface area contributed by atoms with E-state index in [1.54, 1.807) is 6.92 Å². The number of anilines is 1. The summed E-state index contributed by atoms with van der Waals surface area (Å²) in [4.78, 5) is 39.6. The summed E-state index contributed by atoms with van der Waals surface area (Å²) < 4.78 is 0. The number of hydrogen-bond donors (Lipinski definition) is 2. The summed E-state index contributed by atoms with van der Waals surface area (Å²) in [6.45, 7) is 3.72. The Balaban J connectivity index is 2.28. The first kappa shape index (κ1) is 14.9. The molecule has 0 fully saturated rings. The third kappa shape index (κ3) is 3.14. The van der Waals surface area contributed by atoms with Crippen LogP contribution in [0.15, 0.2) is 17.1 Å². The molecule has 8 nitrogen and oxygen atoms in total. The first-order valence-corrected chi connectivity index (χ1v) is 6.88. The molecule has 0 atom stereocenters. The van der Waals surface area contributed by atoms with Crippen molar-refractivity contribution in [2.45, 2.75) is 20.3 Å². The number of hydrogen-bond acceptors (Lipinski definition) is 6. The zero-order valence-corrected chi connectivity index (χ0v) is 12.1. The van der Waals surface area contributed by atoms with Crippen LogP contribution in [0.3, 0.4) is 0 Å². The quantitative estimate of drug-likeness (QED) is 0.660. The fourth-order valence-electron chi connectivity index (χ4n) is 1.63. The van der Waals surface area contributed by atoms with Crippen molar-refractivity contribution in [3.8, 4) is 0 Å². The van der Waals surface area contributed by atoms with Crippen LogP contribution >= 0.6 is 11.3 Å². The maximum absolute atomic E-state index is 12.1. The van der Waals surface area contributed by atoms with Gasteiger partial charge in [0.2, 0.25) is 0 Å². The number of H-pyrrole nitrogens is 1. The molecule has 2 N–H and O–H groups in total. The van der Waals surface area contributed by atoms with Gasteiger partial charge in [0.15, 0.2) is 0 Å². The monoisotopic (exact) mass is 308 g/mol. The maximum atomic E-state index is 12.1. The van der Waals surface area contributed by atoms with Crippen molar-refractivity contribution in [3.63, 3.8) is 0 Å². The molecule has 0 unspecified atom stereocenters. The predicted octanol–water partition coefficient (Wildman–Crippen LogP) is 1.86. The molecule has 2 aromatic rings. The van der Waals surface area contributed by atoms with E-state index in [4.69, 9.17) is 0 Å². The van der Waals surface area contributed by atoms with Crippen molar-refractivity contribution in [3.05, 3.63) is 49.0 Å². The standard InChI is InChI=1S/C12H12N4O4S/c1-3-9-14-6(2)12(21-9)15-10(17)7-4-8(16(19)20)11(18)13-5-7/h4-5H,3H2,1-2H3,(H,13,18)(H,15,17). The maximum Gasteiger partial charge on any atom is 0.334 e. The lowest BCUT2D eigenvalue weighted by molar-refractivity contribution is -0.386. The topological polar surface area (TPSA) is 118 Å². The van der Waals surface area contributed by atoms with E-state index in [0.717, 1.165) is 23.7 Å². The molecule has 0 spiro atoms. The molecule has 1 amide bonds. The van der Waals surface area contributed by atoms with Gasteiger partial charge in [0.25, 0.3) is 5.91 Å². The molecule has 0 radical (unpaired) electrons. The largest absolute Gasteiger partial charge is 0.334 e. The van der Waals surface area contributed by atoms with Crippen molar-refractivity contribution in [1.29, 1.82) is 0 Å². The van der Waals surface area contributed by atoms with E-state index in [2.05, 4.69) is 15.3 Å². The van der Waals surface area contributed by atoms with Crippen molar-refractivity contribution >= 4 is 27.9 Å². The average Bonchev–Trinajstić information content (AvgIpc) is 2.79. The fourth-order valence-corrected chi connectivity index (χ4v) is 2.53. The van der Waals surface area contributed by atoms with Crippen LogP contribution < -0.4 is 10.9 Å². The number of rotatable bonds is 4. The van der Waals surface area contributed by atoms with E-state index in [9.17, 15) is 19.7 Å². The molecule has 21 heavy (non-hydrogen) atoms. The second-order valence-corrected chi connectivity index (χ2v) is 5.27. The van der Waals surface area contributed by atoms with Crippen LogP contribution in [0.2, 0.25) is 0 Å². The van der Waals surface area contributed by atoms with Crippen molar-refractivity contribution in [2.24, 2.45) is 0 Å².